The van der Waals surface area contributed by atoms with Crippen molar-refractivity contribution in [1.29, 1.82) is 0 Å². The van der Waals surface area contributed by atoms with Crippen molar-refractivity contribution in [2.45, 2.75) is 6.42 Å². The van der Waals surface area contributed by atoms with Crippen molar-refractivity contribution in [2.24, 2.45) is 0 Å². The van der Waals surface area contributed by atoms with Crippen LogP contribution in [0, 0.1) is 0 Å². The molecule has 0 aliphatic rings. The summed E-state index contributed by atoms with van der Waals surface area (Å²) in [4.78, 5) is 11.2. The van der Waals surface area contributed by atoms with Crippen LogP contribution in [0.25, 0.3) is 0 Å². The molecule has 0 spiro atoms. The smallest absolute Gasteiger partial charge is 0.163 e. The molecule has 0 radical (unpaired) electrons. The van der Waals surface area contributed by atoms with Gasteiger partial charge in [0.1, 0.15) is 0 Å². The van der Waals surface area contributed by atoms with Crippen LogP contribution < -0.4 is 0 Å². The first-order chi connectivity index (χ1) is 5.34. The second kappa shape index (κ2) is 4.29. The van der Waals surface area contributed by atoms with E-state index in [2.05, 4.69) is 15.9 Å². The van der Waals surface area contributed by atoms with E-state index in [4.69, 9.17) is 0 Å². The molecule has 0 heterocycles. The Hall–Kier alpha value is -0.630. The van der Waals surface area contributed by atoms with Crippen molar-refractivity contribution in [3.05, 3.63) is 35.9 Å². The number of ketones is 1. The fourth-order valence-corrected chi connectivity index (χ4v) is 1.21. The average molecular weight is 213 g/mol. The molecule has 58 valence electrons. The summed E-state index contributed by atoms with van der Waals surface area (Å²) >= 11 is 3.23. The molecule has 0 unspecified atom stereocenters. The van der Waals surface area contributed by atoms with Gasteiger partial charge in [-0.1, -0.05) is 46.3 Å². The molecule has 0 bridgehead atoms. The van der Waals surface area contributed by atoms with Gasteiger partial charge in [-0.05, 0) is 0 Å². The Morgan fingerprint density at radius 1 is 1.27 bits per heavy atom. The normalized spacial score (nSPS) is 9.55. The third-order valence-corrected chi connectivity index (χ3v) is 1.81. The van der Waals surface area contributed by atoms with Gasteiger partial charge in [0.15, 0.2) is 5.78 Å². The minimum atomic E-state index is 0.197. The van der Waals surface area contributed by atoms with E-state index < -0.39 is 0 Å². The number of halogens is 1. The molecule has 0 saturated carbocycles. The first-order valence-corrected chi connectivity index (χ1v) is 4.61. The van der Waals surface area contributed by atoms with E-state index >= 15 is 0 Å². The standard InChI is InChI=1S/C9H9BrO/c10-7-6-9(11)8-4-2-1-3-5-8/h1-5H,6-7H2. The highest BCUT2D eigenvalue weighted by atomic mass is 79.9. The van der Waals surface area contributed by atoms with Gasteiger partial charge in [0, 0.05) is 17.3 Å². The Morgan fingerprint density at radius 2 is 1.91 bits per heavy atom. The lowest BCUT2D eigenvalue weighted by Crippen LogP contribution is -1.98. The molecule has 0 aliphatic heterocycles. The van der Waals surface area contributed by atoms with Crippen LogP contribution >= 0.6 is 15.9 Å². The van der Waals surface area contributed by atoms with E-state index in [-0.39, 0.29) is 5.78 Å². The summed E-state index contributed by atoms with van der Waals surface area (Å²) in [7, 11) is 0. The minimum Gasteiger partial charge on any atom is -0.294 e. The van der Waals surface area contributed by atoms with E-state index in [1.807, 2.05) is 30.3 Å². The van der Waals surface area contributed by atoms with Crippen LogP contribution in [-0.2, 0) is 0 Å². The molecule has 0 saturated heterocycles. The quantitative estimate of drug-likeness (QED) is 0.557. The van der Waals surface area contributed by atoms with E-state index in [0.29, 0.717) is 6.42 Å². The van der Waals surface area contributed by atoms with E-state index in [1.165, 1.54) is 0 Å². The molecule has 11 heavy (non-hydrogen) atoms. The first kappa shape index (κ1) is 8.47. The number of hydrogen-bond donors (Lipinski definition) is 0. The van der Waals surface area contributed by atoms with Crippen LogP contribution in [0.4, 0.5) is 0 Å². The summed E-state index contributed by atoms with van der Waals surface area (Å²) < 4.78 is 0. The lowest BCUT2D eigenvalue weighted by molar-refractivity contribution is 0.0990. The molecule has 0 N–H and O–H groups in total. The van der Waals surface area contributed by atoms with Crippen molar-refractivity contribution < 1.29 is 4.79 Å². The average Bonchev–Trinajstić information content (AvgIpc) is 2.07. The number of rotatable bonds is 3. The number of carbonyl (C=O) groups excluding carboxylic acids is 1. The summed E-state index contributed by atoms with van der Waals surface area (Å²) in [6, 6.07) is 9.34. The minimum absolute atomic E-state index is 0.197. The van der Waals surface area contributed by atoms with Gasteiger partial charge in [-0.2, -0.15) is 0 Å². The highest BCUT2D eigenvalue weighted by molar-refractivity contribution is 9.09. The van der Waals surface area contributed by atoms with Gasteiger partial charge in [-0.25, -0.2) is 0 Å². The zero-order valence-electron chi connectivity index (χ0n) is 6.09. The first-order valence-electron chi connectivity index (χ1n) is 3.49. The zero-order valence-corrected chi connectivity index (χ0v) is 7.67. The topological polar surface area (TPSA) is 17.1 Å². The number of carbonyl (C=O) groups is 1. The Morgan fingerprint density at radius 3 is 2.45 bits per heavy atom. The number of alkyl halides is 1. The van der Waals surface area contributed by atoms with Crippen LogP contribution in [0.1, 0.15) is 16.8 Å². The lowest BCUT2D eigenvalue weighted by Gasteiger charge is -1.95. The van der Waals surface area contributed by atoms with Gasteiger partial charge in [-0.15, -0.1) is 0 Å². The molecule has 0 aromatic heterocycles. The Labute approximate surface area is 74.6 Å². The lowest BCUT2D eigenvalue weighted by atomic mass is 10.1. The van der Waals surface area contributed by atoms with Crippen LogP contribution in [-0.4, -0.2) is 11.1 Å². The van der Waals surface area contributed by atoms with Crippen LogP contribution in [0.3, 0.4) is 0 Å². The second-order valence-corrected chi connectivity index (χ2v) is 3.02. The molecule has 0 atom stereocenters. The fourth-order valence-electron chi connectivity index (χ4n) is 0.854. The molecular formula is C9H9BrO. The van der Waals surface area contributed by atoms with Crippen molar-refractivity contribution in [1.82, 2.24) is 0 Å². The maximum atomic E-state index is 11.2. The molecule has 0 aliphatic carbocycles. The van der Waals surface area contributed by atoms with Gasteiger partial charge in [0.25, 0.3) is 0 Å². The van der Waals surface area contributed by atoms with Gasteiger partial charge in [-0.3, -0.25) is 4.79 Å². The molecule has 0 amide bonds. The summed E-state index contributed by atoms with van der Waals surface area (Å²) in [5.41, 5.74) is 0.798. The third-order valence-electron chi connectivity index (χ3n) is 1.42. The highest BCUT2D eigenvalue weighted by Gasteiger charge is 2.01. The molecule has 1 rings (SSSR count). The molecule has 1 aromatic carbocycles. The molecule has 2 heteroatoms. The third kappa shape index (κ3) is 2.46. The monoisotopic (exact) mass is 212 g/mol. The fraction of sp³-hybridized carbons (Fsp3) is 0.222. The summed E-state index contributed by atoms with van der Waals surface area (Å²) in [6.45, 7) is 0. The maximum Gasteiger partial charge on any atom is 0.163 e. The Kier molecular flexibility index (Phi) is 3.30. The van der Waals surface area contributed by atoms with E-state index in [9.17, 15) is 4.79 Å². The number of Topliss-reactive ketones (excluding diaryl/α,β-unsaturated/α-hetero) is 1. The Bertz CT molecular complexity index is 231. The van der Waals surface area contributed by atoms with Crippen molar-refractivity contribution in [2.75, 3.05) is 5.33 Å². The van der Waals surface area contributed by atoms with Crippen LogP contribution in [0.15, 0.2) is 30.3 Å². The second-order valence-electron chi connectivity index (χ2n) is 2.23. The largest absolute Gasteiger partial charge is 0.294 e. The molecule has 1 nitrogen and oxygen atoms in total. The summed E-state index contributed by atoms with van der Waals surface area (Å²) in [6.07, 6.45) is 0.573. The highest BCUT2D eigenvalue weighted by Crippen LogP contribution is 2.03. The van der Waals surface area contributed by atoms with Gasteiger partial charge in [0.05, 0.1) is 0 Å². The molecule has 0 fully saturated rings. The predicted octanol–water partition coefficient (Wildman–Crippen LogP) is 2.65. The van der Waals surface area contributed by atoms with Crippen LogP contribution in [0.2, 0.25) is 0 Å². The zero-order chi connectivity index (χ0) is 8.10. The summed E-state index contributed by atoms with van der Waals surface area (Å²) in [5, 5.41) is 0.737. The van der Waals surface area contributed by atoms with Crippen LogP contribution in [0.5, 0.6) is 0 Å². The van der Waals surface area contributed by atoms with Crippen molar-refractivity contribution in [3.8, 4) is 0 Å². The van der Waals surface area contributed by atoms with Gasteiger partial charge in [0.2, 0.25) is 0 Å². The predicted molar refractivity (Wildman–Crippen MR) is 49.2 cm³/mol. The Balaban J connectivity index is 2.69. The van der Waals surface area contributed by atoms with Gasteiger partial charge < -0.3 is 0 Å². The number of benzene rings is 1. The van der Waals surface area contributed by atoms with Gasteiger partial charge >= 0.3 is 0 Å². The van der Waals surface area contributed by atoms with Crippen molar-refractivity contribution >= 4 is 21.7 Å². The van der Waals surface area contributed by atoms with Crippen molar-refractivity contribution in [3.63, 3.8) is 0 Å². The van der Waals surface area contributed by atoms with E-state index in [0.717, 1.165) is 10.9 Å². The molecular weight excluding hydrogens is 204 g/mol. The summed E-state index contributed by atoms with van der Waals surface area (Å²) in [5.74, 6) is 0.197. The SMILES string of the molecule is O=C(CCBr)c1ccccc1. The molecule has 1 aromatic rings. The van der Waals surface area contributed by atoms with E-state index in [1.54, 1.807) is 0 Å². The number of hydrogen-bond acceptors (Lipinski definition) is 1. The maximum absolute atomic E-state index is 11.2.